The van der Waals surface area contributed by atoms with Gasteiger partial charge >= 0.3 is 0 Å². The van der Waals surface area contributed by atoms with Crippen molar-refractivity contribution < 1.29 is 8.42 Å². The van der Waals surface area contributed by atoms with Crippen molar-refractivity contribution in [3.63, 3.8) is 0 Å². The van der Waals surface area contributed by atoms with Crippen LogP contribution in [0.25, 0.3) is 0 Å². The smallest absolute Gasteiger partial charge is 0.207 e. The van der Waals surface area contributed by atoms with Crippen LogP contribution in [0.5, 0.6) is 0 Å². The first-order valence-electron chi connectivity index (χ1n) is 5.97. The molecule has 0 saturated carbocycles. The summed E-state index contributed by atoms with van der Waals surface area (Å²) in [7, 11) is -1.80. The maximum atomic E-state index is 12.5. The molecule has 102 valence electrons. The second-order valence-corrected chi connectivity index (χ2v) is 7.65. The highest BCUT2D eigenvalue weighted by Crippen LogP contribution is 2.22. The molecule has 0 unspecified atom stereocenters. The Bertz CT molecular complexity index is 661. The molecule has 0 atom stereocenters. The van der Waals surface area contributed by atoms with Gasteiger partial charge in [-0.05, 0) is 36.9 Å². The van der Waals surface area contributed by atoms with Crippen molar-refractivity contribution in [1.82, 2.24) is 4.31 Å². The number of nitrogens with zero attached hydrogens (tertiary/aromatic N) is 1. The molecule has 0 aliphatic carbocycles. The molecule has 3 nitrogen and oxygen atoms in total. The van der Waals surface area contributed by atoms with Crippen LogP contribution < -0.4 is 0 Å². The van der Waals surface area contributed by atoms with Gasteiger partial charge in [0, 0.05) is 18.5 Å². The van der Waals surface area contributed by atoms with Crippen molar-refractivity contribution in [2.45, 2.75) is 25.3 Å². The molecule has 0 bridgehead atoms. The second-order valence-electron chi connectivity index (χ2n) is 4.61. The van der Waals surface area contributed by atoms with Gasteiger partial charge in [0.05, 0.1) is 4.90 Å². The summed E-state index contributed by atoms with van der Waals surface area (Å²) < 4.78 is 26.4. The molecule has 0 N–H and O–H groups in total. The molecular weight excluding hydrogens is 278 g/mol. The molecule has 2 aromatic rings. The summed E-state index contributed by atoms with van der Waals surface area (Å²) in [4.78, 5) is 1.42. The van der Waals surface area contributed by atoms with Gasteiger partial charge in [0.1, 0.15) is 0 Å². The zero-order valence-corrected chi connectivity index (χ0v) is 12.9. The lowest BCUT2D eigenvalue weighted by Gasteiger charge is -2.18. The van der Waals surface area contributed by atoms with Crippen molar-refractivity contribution in [2.24, 2.45) is 0 Å². The van der Waals surface area contributed by atoms with Gasteiger partial charge in [0.25, 0.3) is 0 Å². The number of hydrogen-bond donors (Lipinski definition) is 0. The van der Waals surface area contributed by atoms with E-state index >= 15 is 0 Å². The van der Waals surface area contributed by atoms with E-state index in [0.29, 0.717) is 11.4 Å². The summed E-state index contributed by atoms with van der Waals surface area (Å²) in [5.74, 6) is 0. The molecule has 0 saturated heterocycles. The lowest BCUT2D eigenvalue weighted by Crippen LogP contribution is -2.26. The fourth-order valence-corrected chi connectivity index (χ4v) is 4.15. The average Bonchev–Trinajstić information content (AvgIpc) is 2.81. The minimum Gasteiger partial charge on any atom is -0.207 e. The minimum atomic E-state index is -3.42. The third-order valence-corrected chi connectivity index (χ3v) is 5.80. The number of thiophene rings is 1. The highest BCUT2D eigenvalue weighted by atomic mass is 32.2. The van der Waals surface area contributed by atoms with Crippen LogP contribution >= 0.6 is 11.3 Å². The normalized spacial score (nSPS) is 12.0. The first-order valence-corrected chi connectivity index (χ1v) is 8.29. The van der Waals surface area contributed by atoms with E-state index in [1.807, 2.05) is 43.5 Å². The SMILES string of the molecule is Cc1ccc(S(=O)(=O)N(C)Cc2cccs2)c(C)c1. The lowest BCUT2D eigenvalue weighted by molar-refractivity contribution is 0.469. The van der Waals surface area contributed by atoms with Gasteiger partial charge in [-0.25, -0.2) is 8.42 Å². The topological polar surface area (TPSA) is 37.4 Å². The van der Waals surface area contributed by atoms with Crippen LogP contribution in [0.15, 0.2) is 40.6 Å². The minimum absolute atomic E-state index is 0.386. The molecule has 2 rings (SSSR count). The predicted molar refractivity (Wildman–Crippen MR) is 78.9 cm³/mol. The standard InChI is InChI=1S/C14H17NO2S2/c1-11-6-7-14(12(2)9-11)19(16,17)15(3)10-13-5-4-8-18-13/h4-9H,10H2,1-3H3. The van der Waals surface area contributed by atoms with E-state index in [-0.39, 0.29) is 0 Å². The van der Waals surface area contributed by atoms with Crippen LogP contribution in [0, 0.1) is 13.8 Å². The molecule has 0 fully saturated rings. The molecule has 5 heteroatoms. The second kappa shape index (κ2) is 5.45. The van der Waals surface area contributed by atoms with Crippen molar-refractivity contribution in [1.29, 1.82) is 0 Å². The van der Waals surface area contributed by atoms with Gasteiger partial charge in [-0.2, -0.15) is 4.31 Å². The molecule has 1 aromatic carbocycles. The highest BCUT2D eigenvalue weighted by Gasteiger charge is 2.22. The lowest BCUT2D eigenvalue weighted by atomic mass is 10.2. The number of hydrogen-bond acceptors (Lipinski definition) is 3. The van der Waals surface area contributed by atoms with Crippen LogP contribution in [-0.2, 0) is 16.6 Å². The quantitative estimate of drug-likeness (QED) is 0.868. The van der Waals surface area contributed by atoms with Gasteiger partial charge < -0.3 is 0 Å². The third-order valence-electron chi connectivity index (χ3n) is 2.98. The summed E-state index contributed by atoms with van der Waals surface area (Å²) in [6.45, 7) is 4.20. The Hall–Kier alpha value is -1.17. The Morgan fingerprint density at radius 2 is 1.95 bits per heavy atom. The van der Waals surface area contributed by atoms with E-state index in [0.717, 1.165) is 16.0 Å². The molecule has 0 radical (unpaired) electrons. The Kier molecular flexibility index (Phi) is 4.08. The summed E-state index contributed by atoms with van der Waals surface area (Å²) in [6.07, 6.45) is 0. The van der Waals surface area contributed by atoms with Crippen LogP contribution in [0.4, 0.5) is 0 Å². The zero-order chi connectivity index (χ0) is 14.0. The van der Waals surface area contributed by atoms with Gasteiger partial charge in [-0.3, -0.25) is 0 Å². The number of benzene rings is 1. The third kappa shape index (κ3) is 3.05. The predicted octanol–water partition coefficient (Wildman–Crippen LogP) is 3.19. The van der Waals surface area contributed by atoms with E-state index in [1.165, 1.54) is 4.31 Å². The highest BCUT2D eigenvalue weighted by molar-refractivity contribution is 7.89. The van der Waals surface area contributed by atoms with E-state index in [9.17, 15) is 8.42 Å². The fraction of sp³-hybridized carbons (Fsp3) is 0.286. The first kappa shape index (κ1) is 14.2. The summed E-state index contributed by atoms with van der Waals surface area (Å²) in [5.41, 5.74) is 1.86. The molecule has 0 aliphatic heterocycles. The molecule has 0 aliphatic rings. The van der Waals surface area contributed by atoms with Crippen LogP contribution in [0.2, 0.25) is 0 Å². The molecule has 0 spiro atoms. The first-order chi connectivity index (χ1) is 8.91. The number of aryl methyl sites for hydroxylation is 2. The Balaban J connectivity index is 2.31. The van der Waals surface area contributed by atoms with Crippen LogP contribution in [0.3, 0.4) is 0 Å². The van der Waals surface area contributed by atoms with Crippen molar-refractivity contribution in [2.75, 3.05) is 7.05 Å². The number of rotatable bonds is 4. The van der Waals surface area contributed by atoms with E-state index in [2.05, 4.69) is 0 Å². The molecular formula is C14H17NO2S2. The summed E-state index contributed by atoms with van der Waals surface area (Å²) in [5, 5.41) is 1.95. The van der Waals surface area contributed by atoms with Gasteiger partial charge in [-0.15, -0.1) is 11.3 Å². The Morgan fingerprint density at radius 1 is 1.21 bits per heavy atom. The van der Waals surface area contributed by atoms with Crippen molar-refractivity contribution >= 4 is 21.4 Å². The van der Waals surface area contributed by atoms with Gasteiger partial charge in [0.15, 0.2) is 0 Å². The molecule has 1 heterocycles. The van der Waals surface area contributed by atoms with Gasteiger partial charge in [0.2, 0.25) is 10.0 Å². The summed E-state index contributed by atoms with van der Waals surface area (Å²) >= 11 is 1.56. The monoisotopic (exact) mass is 295 g/mol. The van der Waals surface area contributed by atoms with E-state index in [1.54, 1.807) is 24.5 Å². The molecule has 0 amide bonds. The molecule has 19 heavy (non-hydrogen) atoms. The average molecular weight is 295 g/mol. The van der Waals surface area contributed by atoms with Crippen molar-refractivity contribution in [3.05, 3.63) is 51.7 Å². The summed E-state index contributed by atoms with van der Waals surface area (Å²) in [6, 6.07) is 9.28. The maximum Gasteiger partial charge on any atom is 0.243 e. The van der Waals surface area contributed by atoms with Crippen molar-refractivity contribution in [3.8, 4) is 0 Å². The Morgan fingerprint density at radius 3 is 2.53 bits per heavy atom. The van der Waals surface area contributed by atoms with E-state index < -0.39 is 10.0 Å². The maximum absolute atomic E-state index is 12.5. The zero-order valence-electron chi connectivity index (χ0n) is 11.3. The van der Waals surface area contributed by atoms with Crippen LogP contribution in [0.1, 0.15) is 16.0 Å². The van der Waals surface area contributed by atoms with Gasteiger partial charge in [-0.1, -0.05) is 23.8 Å². The molecule has 1 aromatic heterocycles. The van der Waals surface area contributed by atoms with Crippen LogP contribution in [-0.4, -0.2) is 19.8 Å². The number of sulfonamides is 1. The van der Waals surface area contributed by atoms with E-state index in [4.69, 9.17) is 0 Å². The Labute approximate surface area is 118 Å². The fourth-order valence-electron chi connectivity index (χ4n) is 1.96. The largest absolute Gasteiger partial charge is 0.243 e.